The van der Waals surface area contributed by atoms with Crippen LogP contribution in [0.5, 0.6) is 11.5 Å². The van der Waals surface area contributed by atoms with E-state index in [0.717, 1.165) is 17.1 Å². The maximum absolute atomic E-state index is 6.17. The molecule has 1 aliphatic heterocycles. The number of ether oxygens (including phenoxy) is 5. The lowest BCUT2D eigenvalue weighted by Gasteiger charge is -2.23. The molecule has 1 fully saturated rings. The van der Waals surface area contributed by atoms with Crippen LogP contribution in [0.2, 0.25) is 0 Å². The molecule has 1 saturated heterocycles. The Morgan fingerprint density at radius 1 is 1.04 bits per heavy atom. The van der Waals surface area contributed by atoms with Crippen molar-refractivity contribution in [3.05, 3.63) is 60.2 Å². The van der Waals surface area contributed by atoms with E-state index in [1.54, 1.807) is 7.11 Å². The van der Waals surface area contributed by atoms with Crippen LogP contribution >= 0.6 is 0 Å². The molecule has 1 heterocycles. The second-order valence-corrected chi connectivity index (χ2v) is 7.10. The molecule has 5 heteroatoms. The molecule has 3 rings (SSSR count). The monoisotopic (exact) mass is 372 g/mol. The molecule has 0 radical (unpaired) electrons. The van der Waals surface area contributed by atoms with Crippen molar-refractivity contribution < 1.29 is 23.7 Å². The Bertz CT molecular complexity index is 684. The van der Waals surface area contributed by atoms with Gasteiger partial charge in [0.05, 0.1) is 33.0 Å². The Balaban J connectivity index is 1.58. The van der Waals surface area contributed by atoms with Crippen LogP contribution in [0.15, 0.2) is 54.6 Å². The summed E-state index contributed by atoms with van der Waals surface area (Å²) in [5.74, 6) is 1.04. The minimum atomic E-state index is -0.541. The summed E-state index contributed by atoms with van der Waals surface area (Å²) in [5, 5.41) is 0. The average Bonchev–Trinajstić information content (AvgIpc) is 3.01. The SMILES string of the molecule is COc1ccc(O[C@H](COCc2ccccc2)C[C@@H]2COC(C)(C)O2)cc1. The molecule has 146 valence electrons. The van der Waals surface area contributed by atoms with Gasteiger partial charge in [-0.15, -0.1) is 0 Å². The van der Waals surface area contributed by atoms with Gasteiger partial charge in [0.1, 0.15) is 17.6 Å². The Hall–Kier alpha value is -2.08. The van der Waals surface area contributed by atoms with Crippen LogP contribution in [-0.2, 0) is 20.8 Å². The Morgan fingerprint density at radius 3 is 2.37 bits per heavy atom. The van der Waals surface area contributed by atoms with Gasteiger partial charge in [0, 0.05) is 6.42 Å². The van der Waals surface area contributed by atoms with E-state index in [4.69, 9.17) is 23.7 Å². The van der Waals surface area contributed by atoms with Crippen LogP contribution in [-0.4, -0.2) is 38.3 Å². The Labute approximate surface area is 161 Å². The van der Waals surface area contributed by atoms with Crippen LogP contribution in [0.25, 0.3) is 0 Å². The van der Waals surface area contributed by atoms with Crippen LogP contribution in [0.1, 0.15) is 25.8 Å². The van der Waals surface area contributed by atoms with Gasteiger partial charge in [-0.2, -0.15) is 0 Å². The third kappa shape index (κ3) is 6.24. The average molecular weight is 372 g/mol. The van der Waals surface area contributed by atoms with Gasteiger partial charge < -0.3 is 23.7 Å². The predicted molar refractivity (Wildman–Crippen MR) is 103 cm³/mol. The van der Waals surface area contributed by atoms with Crippen molar-refractivity contribution in [2.75, 3.05) is 20.3 Å². The highest BCUT2D eigenvalue weighted by Gasteiger charge is 2.34. The lowest BCUT2D eigenvalue weighted by Crippen LogP contribution is -2.30. The zero-order chi connectivity index (χ0) is 19.1. The normalized spacial score (nSPS) is 19.6. The van der Waals surface area contributed by atoms with Crippen molar-refractivity contribution in [2.45, 2.75) is 44.9 Å². The molecule has 0 bridgehead atoms. The third-order valence-corrected chi connectivity index (χ3v) is 4.37. The number of hydrogen-bond donors (Lipinski definition) is 0. The van der Waals surface area contributed by atoms with E-state index in [1.165, 1.54) is 0 Å². The quantitative estimate of drug-likeness (QED) is 0.660. The zero-order valence-electron chi connectivity index (χ0n) is 16.2. The van der Waals surface area contributed by atoms with Gasteiger partial charge in [-0.3, -0.25) is 0 Å². The Kier molecular flexibility index (Phi) is 6.72. The van der Waals surface area contributed by atoms with E-state index in [2.05, 4.69) is 12.1 Å². The summed E-state index contributed by atoms with van der Waals surface area (Å²) in [5.41, 5.74) is 1.14. The van der Waals surface area contributed by atoms with Crippen molar-refractivity contribution in [1.82, 2.24) is 0 Å². The van der Waals surface area contributed by atoms with Gasteiger partial charge in [0.15, 0.2) is 5.79 Å². The lowest BCUT2D eigenvalue weighted by molar-refractivity contribution is -0.142. The summed E-state index contributed by atoms with van der Waals surface area (Å²) < 4.78 is 28.9. The van der Waals surface area contributed by atoms with Crippen LogP contribution in [0.3, 0.4) is 0 Å². The summed E-state index contributed by atoms with van der Waals surface area (Å²) in [6.45, 7) is 5.45. The molecule has 0 N–H and O–H groups in total. The number of hydrogen-bond acceptors (Lipinski definition) is 5. The zero-order valence-corrected chi connectivity index (χ0v) is 16.2. The number of benzene rings is 2. The predicted octanol–water partition coefficient (Wildman–Crippen LogP) is 4.20. The largest absolute Gasteiger partial charge is 0.497 e. The first-order chi connectivity index (χ1) is 13.0. The van der Waals surface area contributed by atoms with Gasteiger partial charge >= 0.3 is 0 Å². The summed E-state index contributed by atoms with van der Waals surface area (Å²) in [4.78, 5) is 0. The van der Waals surface area contributed by atoms with Crippen molar-refractivity contribution in [3.8, 4) is 11.5 Å². The first kappa shape index (κ1) is 19.7. The minimum Gasteiger partial charge on any atom is -0.497 e. The second-order valence-electron chi connectivity index (χ2n) is 7.10. The fourth-order valence-corrected chi connectivity index (χ4v) is 3.05. The van der Waals surface area contributed by atoms with Gasteiger partial charge in [0.25, 0.3) is 0 Å². The van der Waals surface area contributed by atoms with E-state index >= 15 is 0 Å². The summed E-state index contributed by atoms with van der Waals surface area (Å²) in [6.07, 6.45) is 0.553. The van der Waals surface area contributed by atoms with E-state index in [-0.39, 0.29) is 12.2 Å². The topological polar surface area (TPSA) is 46.2 Å². The van der Waals surface area contributed by atoms with Crippen LogP contribution in [0.4, 0.5) is 0 Å². The summed E-state index contributed by atoms with van der Waals surface area (Å²) in [6, 6.07) is 17.7. The molecule has 2 aromatic carbocycles. The molecule has 0 unspecified atom stereocenters. The van der Waals surface area contributed by atoms with Crippen molar-refractivity contribution >= 4 is 0 Å². The molecule has 0 saturated carbocycles. The van der Waals surface area contributed by atoms with Gasteiger partial charge in [-0.25, -0.2) is 0 Å². The van der Waals surface area contributed by atoms with E-state index in [9.17, 15) is 0 Å². The summed E-state index contributed by atoms with van der Waals surface area (Å²) >= 11 is 0. The fourth-order valence-electron chi connectivity index (χ4n) is 3.05. The lowest BCUT2D eigenvalue weighted by atomic mass is 10.1. The molecule has 0 spiro atoms. The van der Waals surface area contributed by atoms with Crippen LogP contribution < -0.4 is 9.47 Å². The molecular formula is C22H28O5. The second kappa shape index (κ2) is 9.22. The summed E-state index contributed by atoms with van der Waals surface area (Å²) in [7, 11) is 1.65. The maximum Gasteiger partial charge on any atom is 0.163 e. The number of rotatable bonds is 9. The number of methoxy groups -OCH3 is 1. The smallest absolute Gasteiger partial charge is 0.163 e. The van der Waals surface area contributed by atoms with Crippen LogP contribution in [0, 0.1) is 0 Å². The van der Waals surface area contributed by atoms with E-state index in [1.807, 2.05) is 56.3 Å². The minimum absolute atomic E-state index is 0.0106. The molecule has 0 amide bonds. The van der Waals surface area contributed by atoms with Gasteiger partial charge in [-0.1, -0.05) is 30.3 Å². The standard InChI is InChI=1S/C22H28O5/c1-22(2)25-16-21(27-22)13-20(15-24-14-17-7-5-4-6-8-17)26-19-11-9-18(23-3)10-12-19/h4-12,20-21H,13-16H2,1-3H3/t20-,21+/m0/s1. The van der Waals surface area contributed by atoms with Crippen molar-refractivity contribution in [3.63, 3.8) is 0 Å². The molecule has 5 nitrogen and oxygen atoms in total. The molecule has 0 aliphatic carbocycles. The third-order valence-electron chi connectivity index (χ3n) is 4.37. The molecule has 1 aliphatic rings. The first-order valence-electron chi connectivity index (χ1n) is 9.28. The van der Waals surface area contributed by atoms with Crippen molar-refractivity contribution in [1.29, 1.82) is 0 Å². The van der Waals surface area contributed by atoms with E-state index < -0.39 is 5.79 Å². The maximum atomic E-state index is 6.17. The van der Waals surface area contributed by atoms with E-state index in [0.29, 0.717) is 26.2 Å². The molecule has 0 aromatic heterocycles. The fraction of sp³-hybridized carbons (Fsp3) is 0.455. The highest BCUT2D eigenvalue weighted by atomic mass is 16.7. The molecule has 2 atom stereocenters. The molecule has 2 aromatic rings. The van der Waals surface area contributed by atoms with Gasteiger partial charge in [0.2, 0.25) is 0 Å². The molecule has 27 heavy (non-hydrogen) atoms. The van der Waals surface area contributed by atoms with Gasteiger partial charge in [-0.05, 0) is 43.7 Å². The first-order valence-corrected chi connectivity index (χ1v) is 9.28. The van der Waals surface area contributed by atoms with Crippen molar-refractivity contribution in [2.24, 2.45) is 0 Å². The highest BCUT2D eigenvalue weighted by molar-refractivity contribution is 5.31. The highest BCUT2D eigenvalue weighted by Crippen LogP contribution is 2.27. The molecular weight excluding hydrogens is 344 g/mol. The Morgan fingerprint density at radius 2 is 1.74 bits per heavy atom.